The molecule has 162 valence electrons. The quantitative estimate of drug-likeness (QED) is 0.622. The Morgan fingerprint density at radius 2 is 1.91 bits per heavy atom. The van der Waals surface area contributed by atoms with Gasteiger partial charge in [0.15, 0.2) is 0 Å². The van der Waals surface area contributed by atoms with Crippen molar-refractivity contribution >= 4 is 29.3 Å². The van der Waals surface area contributed by atoms with Crippen molar-refractivity contribution in [3.63, 3.8) is 0 Å². The molecule has 0 bridgehead atoms. The number of nitrogens with zero attached hydrogens (tertiary/aromatic N) is 3. The zero-order chi connectivity index (χ0) is 22.6. The molecule has 1 saturated heterocycles. The minimum absolute atomic E-state index is 0.187. The minimum atomic E-state index is -0.629. The summed E-state index contributed by atoms with van der Waals surface area (Å²) in [4.78, 5) is 42.9. The second-order valence-electron chi connectivity index (χ2n) is 8.28. The number of imide groups is 1. The number of amides is 3. The van der Waals surface area contributed by atoms with Crippen molar-refractivity contribution in [3.8, 4) is 22.5 Å². The molecular weight excluding hydrogens is 428 g/mol. The summed E-state index contributed by atoms with van der Waals surface area (Å²) in [6.45, 7) is 2.36. The van der Waals surface area contributed by atoms with E-state index in [0.717, 1.165) is 33.6 Å². The first-order valence-electron chi connectivity index (χ1n) is 10.4. The van der Waals surface area contributed by atoms with Crippen LogP contribution in [0.5, 0.6) is 0 Å². The highest BCUT2D eigenvalue weighted by Crippen LogP contribution is 2.36. The van der Waals surface area contributed by atoms with Gasteiger partial charge in [0, 0.05) is 41.7 Å². The number of piperidine rings is 1. The molecule has 0 saturated carbocycles. The van der Waals surface area contributed by atoms with Gasteiger partial charge in [0.05, 0.1) is 17.7 Å². The Morgan fingerprint density at radius 3 is 2.69 bits per heavy atom. The zero-order valence-electron chi connectivity index (χ0n) is 17.7. The number of fused-ring (bicyclic) bond motifs is 1. The summed E-state index contributed by atoms with van der Waals surface area (Å²) in [6.07, 6.45) is 2.34. The number of hydrogen-bond acceptors (Lipinski definition) is 4. The molecule has 1 aromatic heterocycles. The van der Waals surface area contributed by atoms with E-state index in [4.69, 9.17) is 11.6 Å². The van der Waals surface area contributed by atoms with Crippen LogP contribution in [0.3, 0.4) is 0 Å². The van der Waals surface area contributed by atoms with Gasteiger partial charge in [-0.1, -0.05) is 23.7 Å². The lowest BCUT2D eigenvalue weighted by Gasteiger charge is -2.29. The maximum atomic E-state index is 13.0. The van der Waals surface area contributed by atoms with E-state index in [1.165, 1.54) is 0 Å². The molecule has 3 heterocycles. The number of hydrogen-bond donors (Lipinski definition) is 1. The Labute approximate surface area is 190 Å². The number of aromatic nitrogens is 2. The van der Waals surface area contributed by atoms with Gasteiger partial charge < -0.3 is 9.47 Å². The fourth-order valence-electron chi connectivity index (χ4n) is 4.53. The maximum absolute atomic E-state index is 13.0. The van der Waals surface area contributed by atoms with E-state index in [2.05, 4.69) is 10.3 Å². The van der Waals surface area contributed by atoms with Crippen LogP contribution in [0.2, 0.25) is 5.02 Å². The van der Waals surface area contributed by atoms with Gasteiger partial charge in [-0.3, -0.25) is 19.7 Å². The molecule has 0 spiro atoms. The van der Waals surface area contributed by atoms with Crippen LogP contribution in [0.25, 0.3) is 22.5 Å². The number of carbonyl (C=O) groups excluding carboxylic acids is 3. The Balaban J connectivity index is 1.52. The number of benzene rings is 2. The van der Waals surface area contributed by atoms with E-state index >= 15 is 0 Å². The maximum Gasteiger partial charge on any atom is 0.255 e. The molecule has 0 aliphatic carbocycles. The monoisotopic (exact) mass is 448 g/mol. The first-order valence-corrected chi connectivity index (χ1v) is 10.8. The SMILES string of the molecule is Cc1ccc(Cl)cc1-c1c(-c2ccc3c(c2)CN(C2CCC(=O)NC2=O)C3=O)ncn1C. The van der Waals surface area contributed by atoms with Crippen LogP contribution in [-0.2, 0) is 23.2 Å². The minimum Gasteiger partial charge on any atom is -0.333 e. The molecular formula is C24H21ClN4O3. The predicted molar refractivity (Wildman–Crippen MR) is 120 cm³/mol. The lowest BCUT2D eigenvalue weighted by molar-refractivity contribution is -0.136. The van der Waals surface area contributed by atoms with Crippen molar-refractivity contribution < 1.29 is 14.4 Å². The summed E-state index contributed by atoms with van der Waals surface area (Å²) in [5.74, 6) is -0.893. The third-order valence-corrected chi connectivity index (χ3v) is 6.42. The van der Waals surface area contributed by atoms with Crippen LogP contribution in [-0.4, -0.2) is 38.2 Å². The van der Waals surface area contributed by atoms with E-state index in [1.54, 1.807) is 17.3 Å². The topological polar surface area (TPSA) is 84.3 Å². The van der Waals surface area contributed by atoms with Crippen LogP contribution in [0.15, 0.2) is 42.7 Å². The number of carbonyl (C=O) groups is 3. The van der Waals surface area contributed by atoms with Crippen molar-refractivity contribution in [2.24, 2.45) is 7.05 Å². The Bertz CT molecular complexity index is 1300. The zero-order valence-corrected chi connectivity index (χ0v) is 18.4. The summed E-state index contributed by atoms with van der Waals surface area (Å²) in [5, 5.41) is 2.98. The van der Waals surface area contributed by atoms with Crippen molar-refractivity contribution in [2.45, 2.75) is 32.4 Å². The van der Waals surface area contributed by atoms with Gasteiger partial charge in [0.25, 0.3) is 5.91 Å². The lowest BCUT2D eigenvalue weighted by atomic mass is 9.98. The van der Waals surface area contributed by atoms with E-state index < -0.39 is 11.9 Å². The molecule has 2 aliphatic heterocycles. The molecule has 1 atom stereocenters. The standard InChI is InChI=1S/C24H21ClN4O3/c1-13-3-5-16(25)10-18(13)22-21(26-12-28(22)2)14-4-6-17-15(9-14)11-29(24(17)32)19-7-8-20(30)27-23(19)31/h3-6,9-10,12,19H,7-8,11H2,1-2H3,(H,27,30,31). The second-order valence-corrected chi connectivity index (χ2v) is 8.72. The molecule has 0 radical (unpaired) electrons. The fourth-order valence-corrected chi connectivity index (χ4v) is 4.70. The molecule has 1 N–H and O–H groups in total. The average molecular weight is 449 g/mol. The highest BCUT2D eigenvalue weighted by molar-refractivity contribution is 6.30. The smallest absolute Gasteiger partial charge is 0.255 e. The highest BCUT2D eigenvalue weighted by atomic mass is 35.5. The number of imidazole rings is 1. The molecule has 2 aromatic carbocycles. The highest BCUT2D eigenvalue weighted by Gasteiger charge is 2.39. The van der Waals surface area contributed by atoms with Crippen LogP contribution >= 0.6 is 11.6 Å². The second kappa shape index (κ2) is 7.60. The van der Waals surface area contributed by atoms with Gasteiger partial charge in [0.1, 0.15) is 6.04 Å². The molecule has 3 amide bonds. The van der Waals surface area contributed by atoms with Crippen LogP contribution in [0.1, 0.15) is 34.3 Å². The van der Waals surface area contributed by atoms with Crippen LogP contribution in [0, 0.1) is 6.92 Å². The van der Waals surface area contributed by atoms with Gasteiger partial charge in [-0.25, -0.2) is 4.98 Å². The summed E-state index contributed by atoms with van der Waals surface area (Å²) in [5.41, 5.74) is 6.13. The molecule has 1 unspecified atom stereocenters. The fraction of sp³-hybridized carbons (Fsp3) is 0.250. The molecule has 7 nitrogen and oxygen atoms in total. The number of aryl methyl sites for hydroxylation is 2. The van der Waals surface area contributed by atoms with Gasteiger partial charge in [-0.05, 0) is 48.7 Å². The van der Waals surface area contributed by atoms with E-state index in [0.29, 0.717) is 23.6 Å². The molecule has 32 heavy (non-hydrogen) atoms. The van der Waals surface area contributed by atoms with E-state index in [1.807, 2.05) is 48.9 Å². The van der Waals surface area contributed by atoms with Gasteiger partial charge >= 0.3 is 0 Å². The molecule has 5 rings (SSSR count). The van der Waals surface area contributed by atoms with Gasteiger partial charge in [-0.15, -0.1) is 0 Å². The average Bonchev–Trinajstić information content (AvgIpc) is 3.29. The Kier molecular flexibility index (Phi) is 4.86. The van der Waals surface area contributed by atoms with Gasteiger partial charge in [0.2, 0.25) is 11.8 Å². The normalized spacial score (nSPS) is 18.2. The summed E-state index contributed by atoms with van der Waals surface area (Å²) >= 11 is 6.26. The Morgan fingerprint density at radius 1 is 1.09 bits per heavy atom. The molecule has 1 fully saturated rings. The third kappa shape index (κ3) is 3.29. The van der Waals surface area contributed by atoms with E-state index in [-0.39, 0.29) is 18.2 Å². The number of halogens is 1. The lowest BCUT2D eigenvalue weighted by Crippen LogP contribution is -2.52. The first kappa shape index (κ1) is 20.5. The molecule has 2 aliphatic rings. The molecule has 8 heteroatoms. The summed E-state index contributed by atoms with van der Waals surface area (Å²) in [7, 11) is 1.94. The third-order valence-electron chi connectivity index (χ3n) is 6.19. The first-order chi connectivity index (χ1) is 15.3. The van der Waals surface area contributed by atoms with Crippen LogP contribution in [0.4, 0.5) is 0 Å². The largest absolute Gasteiger partial charge is 0.333 e. The van der Waals surface area contributed by atoms with Crippen molar-refractivity contribution in [1.29, 1.82) is 0 Å². The molecule has 3 aromatic rings. The number of nitrogens with one attached hydrogen (secondary N) is 1. The Hall–Kier alpha value is -3.45. The van der Waals surface area contributed by atoms with Crippen molar-refractivity contribution in [2.75, 3.05) is 0 Å². The summed E-state index contributed by atoms with van der Waals surface area (Å²) < 4.78 is 1.96. The van der Waals surface area contributed by atoms with Gasteiger partial charge in [-0.2, -0.15) is 0 Å². The number of rotatable bonds is 3. The van der Waals surface area contributed by atoms with Crippen LogP contribution < -0.4 is 5.32 Å². The predicted octanol–water partition coefficient (Wildman–Crippen LogP) is 3.48. The van der Waals surface area contributed by atoms with Crippen molar-refractivity contribution in [1.82, 2.24) is 19.8 Å². The van der Waals surface area contributed by atoms with E-state index in [9.17, 15) is 14.4 Å². The van der Waals surface area contributed by atoms with Crippen molar-refractivity contribution in [3.05, 3.63) is 64.4 Å². The summed E-state index contributed by atoms with van der Waals surface area (Å²) in [6, 6.07) is 10.8.